The van der Waals surface area contributed by atoms with Crippen molar-refractivity contribution in [1.29, 1.82) is 0 Å². The molecule has 1 saturated heterocycles. The fraction of sp³-hybridized carbons (Fsp3) is 0.467. The third-order valence-corrected chi connectivity index (χ3v) is 9.26. The molecule has 0 aromatic carbocycles. The van der Waals surface area contributed by atoms with Crippen molar-refractivity contribution in [3.8, 4) is 21.8 Å². The second kappa shape index (κ2) is 10.4. The van der Waals surface area contributed by atoms with E-state index in [9.17, 15) is 9.90 Å². The molecular weight excluding hydrogens is 508 g/mol. The lowest BCUT2D eigenvalue weighted by Gasteiger charge is -2.47. The predicted octanol–water partition coefficient (Wildman–Crippen LogP) is 5.17. The maximum absolute atomic E-state index is 13.5. The Morgan fingerprint density at radius 3 is 2.67 bits per heavy atom. The monoisotopic (exact) mass is 544 g/mol. The van der Waals surface area contributed by atoms with Crippen molar-refractivity contribution in [2.24, 2.45) is 5.92 Å². The number of aliphatic hydroxyl groups is 1. The number of ketones is 1. The number of thiophene rings is 1. The van der Waals surface area contributed by atoms with Gasteiger partial charge >= 0.3 is 0 Å². The zero-order valence-electron chi connectivity index (χ0n) is 22.9. The third-order valence-electron chi connectivity index (χ3n) is 8.37. The van der Waals surface area contributed by atoms with Crippen LogP contribution >= 0.6 is 11.3 Å². The molecule has 0 radical (unpaired) electrons. The first-order valence-electron chi connectivity index (χ1n) is 14.0. The molecule has 1 saturated carbocycles. The average molecular weight is 545 g/mol. The van der Waals surface area contributed by atoms with Crippen LogP contribution in [0.2, 0.25) is 0 Å². The number of hydrogen-bond donors (Lipinski definition) is 1. The molecule has 0 spiro atoms. The van der Waals surface area contributed by atoms with Crippen LogP contribution in [0.25, 0.3) is 27.5 Å². The third kappa shape index (κ3) is 5.11. The second-order valence-corrected chi connectivity index (χ2v) is 11.9. The topological polar surface area (TPSA) is 86.9 Å². The van der Waals surface area contributed by atoms with Gasteiger partial charge in [-0.2, -0.15) is 5.10 Å². The van der Waals surface area contributed by atoms with Gasteiger partial charge in [-0.3, -0.25) is 4.79 Å². The fourth-order valence-electron chi connectivity index (χ4n) is 5.76. The van der Waals surface area contributed by atoms with Gasteiger partial charge in [0, 0.05) is 24.2 Å². The van der Waals surface area contributed by atoms with Crippen LogP contribution in [0, 0.1) is 5.92 Å². The lowest BCUT2D eigenvalue weighted by atomic mass is 9.88. The number of hydrogen-bond acceptors (Lipinski definition) is 8. The molecule has 0 unspecified atom stereocenters. The smallest absolute Gasteiger partial charge is 0.165 e. The minimum absolute atomic E-state index is 0.112. The van der Waals surface area contributed by atoms with Gasteiger partial charge in [0.15, 0.2) is 11.4 Å². The van der Waals surface area contributed by atoms with Crippen molar-refractivity contribution in [3.05, 3.63) is 53.7 Å². The minimum atomic E-state index is -0.636. The van der Waals surface area contributed by atoms with Crippen LogP contribution in [-0.2, 0) is 0 Å². The van der Waals surface area contributed by atoms with Crippen molar-refractivity contribution in [2.45, 2.75) is 58.1 Å². The van der Waals surface area contributed by atoms with E-state index < -0.39 is 5.60 Å². The maximum atomic E-state index is 13.5. The summed E-state index contributed by atoms with van der Waals surface area (Å²) in [7, 11) is 0. The van der Waals surface area contributed by atoms with Crippen molar-refractivity contribution in [3.63, 3.8) is 0 Å². The van der Waals surface area contributed by atoms with Crippen LogP contribution in [0.3, 0.4) is 0 Å². The highest BCUT2D eigenvalue weighted by Gasteiger charge is 2.52. The molecule has 1 N–H and O–H groups in total. The Bertz CT molecular complexity index is 1470. The van der Waals surface area contributed by atoms with Crippen LogP contribution < -0.4 is 4.90 Å². The lowest BCUT2D eigenvalue weighted by molar-refractivity contribution is -0.00973. The molecule has 5 heterocycles. The van der Waals surface area contributed by atoms with Crippen LogP contribution in [0.4, 0.5) is 5.82 Å². The Kier molecular flexibility index (Phi) is 6.99. The molecule has 6 rings (SSSR count). The summed E-state index contributed by atoms with van der Waals surface area (Å²) in [6.45, 7) is 9.57. The normalized spacial score (nSPS) is 17.5. The molecule has 2 aliphatic rings. The van der Waals surface area contributed by atoms with Gasteiger partial charge in [-0.15, -0.1) is 11.3 Å². The molecule has 1 aliphatic carbocycles. The summed E-state index contributed by atoms with van der Waals surface area (Å²) >= 11 is 1.65. The van der Waals surface area contributed by atoms with Gasteiger partial charge in [0.1, 0.15) is 11.4 Å². The van der Waals surface area contributed by atoms with Crippen molar-refractivity contribution in [2.75, 3.05) is 31.1 Å². The second-order valence-electron chi connectivity index (χ2n) is 11.0. The molecule has 8 nitrogen and oxygen atoms in total. The number of anilines is 1. The Hall–Kier alpha value is -3.14. The van der Waals surface area contributed by atoms with E-state index in [1.54, 1.807) is 22.0 Å². The van der Waals surface area contributed by atoms with Crippen molar-refractivity contribution >= 4 is 28.6 Å². The van der Waals surface area contributed by atoms with Gasteiger partial charge in [-0.05, 0) is 74.8 Å². The molecule has 4 aromatic rings. The highest BCUT2D eigenvalue weighted by Crippen LogP contribution is 2.45. The van der Waals surface area contributed by atoms with Crippen LogP contribution in [0.1, 0.15) is 56.8 Å². The quantitative estimate of drug-likeness (QED) is 0.261. The summed E-state index contributed by atoms with van der Waals surface area (Å²) in [6, 6.07) is 10.2. The van der Waals surface area contributed by atoms with Gasteiger partial charge < -0.3 is 14.9 Å². The average Bonchev–Trinajstić information content (AvgIpc) is 3.48. The van der Waals surface area contributed by atoms with Crippen molar-refractivity contribution in [1.82, 2.24) is 24.5 Å². The largest absolute Gasteiger partial charge is 0.386 e. The number of carbonyl (C=O) groups excluding carboxylic acids is 1. The van der Waals surface area contributed by atoms with E-state index in [0.717, 1.165) is 54.3 Å². The number of carbonyl (C=O) groups is 1. The van der Waals surface area contributed by atoms with E-state index >= 15 is 0 Å². The molecule has 1 aliphatic heterocycles. The molecular formula is C30H36N6O2S. The summed E-state index contributed by atoms with van der Waals surface area (Å²) in [5.74, 6) is 1.23. The first-order valence-corrected chi connectivity index (χ1v) is 14.9. The minimum Gasteiger partial charge on any atom is -0.386 e. The number of rotatable bonds is 11. The van der Waals surface area contributed by atoms with E-state index in [4.69, 9.17) is 9.97 Å². The maximum Gasteiger partial charge on any atom is 0.165 e. The summed E-state index contributed by atoms with van der Waals surface area (Å²) in [5.41, 5.74) is 3.07. The van der Waals surface area contributed by atoms with Crippen LogP contribution in [0.15, 0.2) is 48.1 Å². The summed E-state index contributed by atoms with van der Waals surface area (Å²) < 4.78 is 1.75. The SMILES string of the molecule is CCN(CC)[C@@H](C)CCC(=O)c1cc(-c2cnn3ccc(-c4cccs4)nc23)nc(N2CC(O)(C3CC3)C2)c1. The Labute approximate surface area is 233 Å². The first kappa shape index (κ1) is 26.1. The molecule has 4 aromatic heterocycles. The van der Waals surface area contributed by atoms with E-state index in [-0.39, 0.29) is 5.78 Å². The van der Waals surface area contributed by atoms with Gasteiger partial charge in [0.2, 0.25) is 0 Å². The number of aromatic nitrogens is 4. The van der Waals surface area contributed by atoms with Gasteiger partial charge in [-0.25, -0.2) is 14.5 Å². The Morgan fingerprint density at radius 1 is 1.18 bits per heavy atom. The molecule has 39 heavy (non-hydrogen) atoms. The molecule has 0 bridgehead atoms. The van der Waals surface area contributed by atoms with E-state index in [0.29, 0.717) is 48.4 Å². The zero-order valence-corrected chi connectivity index (χ0v) is 23.7. The Balaban J connectivity index is 1.34. The molecule has 9 heteroatoms. The number of nitrogens with zero attached hydrogens (tertiary/aromatic N) is 6. The summed E-state index contributed by atoms with van der Waals surface area (Å²) in [5, 5.41) is 17.5. The van der Waals surface area contributed by atoms with E-state index in [1.165, 1.54) is 0 Å². The molecule has 0 amide bonds. The highest BCUT2D eigenvalue weighted by atomic mass is 32.1. The predicted molar refractivity (Wildman–Crippen MR) is 155 cm³/mol. The number of Topliss-reactive ketones (excluding diaryl/α,β-unsaturated/α-hetero) is 1. The number of β-amino-alcohol motifs (C(OH)–C–C–N with tert-alkyl or cyclic N) is 1. The van der Waals surface area contributed by atoms with Crippen LogP contribution in [-0.4, -0.2) is 73.2 Å². The van der Waals surface area contributed by atoms with Gasteiger partial charge in [0.05, 0.1) is 41.1 Å². The first-order chi connectivity index (χ1) is 18.9. The number of fused-ring (bicyclic) bond motifs is 1. The summed E-state index contributed by atoms with van der Waals surface area (Å²) in [4.78, 5) is 29.0. The van der Waals surface area contributed by atoms with Crippen LogP contribution in [0.5, 0.6) is 0 Å². The van der Waals surface area contributed by atoms with E-state index in [1.807, 2.05) is 35.8 Å². The molecule has 204 valence electrons. The fourth-order valence-corrected chi connectivity index (χ4v) is 6.45. The summed E-state index contributed by atoms with van der Waals surface area (Å²) in [6.07, 6.45) is 7.15. The Morgan fingerprint density at radius 2 is 1.97 bits per heavy atom. The molecule has 1 atom stereocenters. The standard InChI is InChI=1S/C30H36N6O2S/c1-4-34(5-2)20(3)8-11-26(37)21-15-25(32-28(16-21)35-18-30(38,19-35)22-9-10-22)23-17-31-36-13-12-24(33-29(23)36)27-7-6-14-39-27/h6-7,12-17,20,22,38H,4-5,8-11,18-19H2,1-3H3/t20-/m0/s1. The zero-order chi connectivity index (χ0) is 27.1. The lowest BCUT2D eigenvalue weighted by Crippen LogP contribution is -2.63. The molecule has 2 fully saturated rings. The number of pyridine rings is 1. The van der Waals surface area contributed by atoms with Gasteiger partial charge in [0.25, 0.3) is 0 Å². The van der Waals surface area contributed by atoms with E-state index in [2.05, 4.69) is 41.7 Å². The van der Waals surface area contributed by atoms with Crippen molar-refractivity contribution < 1.29 is 9.90 Å². The highest BCUT2D eigenvalue weighted by molar-refractivity contribution is 7.13. The van der Waals surface area contributed by atoms with Gasteiger partial charge in [-0.1, -0.05) is 19.9 Å².